The van der Waals surface area contributed by atoms with Gasteiger partial charge >= 0.3 is 6.03 Å². The van der Waals surface area contributed by atoms with Gasteiger partial charge in [-0.25, -0.2) is 4.79 Å². The highest BCUT2D eigenvalue weighted by atomic mass is 16.2. The minimum absolute atomic E-state index is 0.0736. The number of nitrogens with one attached hydrogen (secondary N) is 2. The zero-order valence-electron chi connectivity index (χ0n) is 9.42. The molecule has 15 heavy (non-hydrogen) atoms. The molecule has 84 valence electrons. The Morgan fingerprint density at radius 1 is 1.40 bits per heavy atom. The van der Waals surface area contributed by atoms with Crippen LogP contribution in [0.1, 0.15) is 26.7 Å². The Balaban J connectivity index is 2.00. The fourth-order valence-corrected chi connectivity index (χ4v) is 2.31. The van der Waals surface area contributed by atoms with Gasteiger partial charge in [0, 0.05) is 25.3 Å². The van der Waals surface area contributed by atoms with Gasteiger partial charge in [0.05, 0.1) is 5.54 Å². The fraction of sp³-hybridized carbons (Fsp3) is 0.727. The van der Waals surface area contributed by atoms with Gasteiger partial charge in [0.15, 0.2) is 0 Å². The van der Waals surface area contributed by atoms with Crippen molar-refractivity contribution < 1.29 is 4.79 Å². The highest BCUT2D eigenvalue weighted by molar-refractivity contribution is 5.77. The summed E-state index contributed by atoms with van der Waals surface area (Å²) in [5.41, 5.74) is -0.0896. The van der Waals surface area contributed by atoms with Crippen LogP contribution in [0.5, 0.6) is 0 Å². The standard InChI is InChI=1S/C11H19N3O/c1-9(2)14-7-4-11(5-8-14)3-6-12-10(15)13-11/h3,6,9H,4-5,7-8H2,1-2H3,(H2,12,13,15). The first-order chi connectivity index (χ1) is 7.11. The van der Waals surface area contributed by atoms with Crippen LogP contribution in [-0.2, 0) is 0 Å². The summed E-state index contributed by atoms with van der Waals surface area (Å²) in [5, 5.41) is 5.67. The van der Waals surface area contributed by atoms with Crippen molar-refractivity contribution in [2.75, 3.05) is 13.1 Å². The molecule has 2 heterocycles. The van der Waals surface area contributed by atoms with Crippen LogP contribution < -0.4 is 10.6 Å². The lowest BCUT2D eigenvalue weighted by molar-refractivity contribution is 0.133. The van der Waals surface area contributed by atoms with E-state index in [2.05, 4.69) is 35.5 Å². The largest absolute Gasteiger partial charge is 0.329 e. The second-order valence-electron chi connectivity index (χ2n) is 4.72. The van der Waals surface area contributed by atoms with Gasteiger partial charge in [0.2, 0.25) is 0 Å². The van der Waals surface area contributed by atoms with Gasteiger partial charge < -0.3 is 15.5 Å². The third kappa shape index (κ3) is 2.15. The zero-order chi connectivity index (χ0) is 10.9. The van der Waals surface area contributed by atoms with Crippen LogP contribution in [0.4, 0.5) is 4.79 Å². The van der Waals surface area contributed by atoms with Crippen molar-refractivity contribution >= 4 is 6.03 Å². The normalized spacial score (nSPS) is 25.4. The summed E-state index contributed by atoms with van der Waals surface area (Å²) in [6, 6.07) is 0.527. The lowest BCUT2D eigenvalue weighted by atomic mass is 9.86. The second-order valence-corrected chi connectivity index (χ2v) is 4.72. The zero-order valence-corrected chi connectivity index (χ0v) is 9.42. The third-order valence-corrected chi connectivity index (χ3v) is 3.40. The molecular formula is C11H19N3O. The van der Waals surface area contributed by atoms with Crippen molar-refractivity contribution in [3.05, 3.63) is 12.3 Å². The van der Waals surface area contributed by atoms with Crippen molar-refractivity contribution in [1.29, 1.82) is 0 Å². The van der Waals surface area contributed by atoms with Gasteiger partial charge in [-0.2, -0.15) is 0 Å². The molecule has 0 aromatic carbocycles. The van der Waals surface area contributed by atoms with E-state index in [0.29, 0.717) is 6.04 Å². The molecule has 1 spiro atoms. The highest BCUT2D eigenvalue weighted by Crippen LogP contribution is 2.25. The molecule has 2 aliphatic rings. The van der Waals surface area contributed by atoms with Crippen LogP contribution in [0.3, 0.4) is 0 Å². The molecule has 0 atom stereocenters. The summed E-state index contributed by atoms with van der Waals surface area (Å²) >= 11 is 0. The van der Waals surface area contributed by atoms with Gasteiger partial charge in [-0.3, -0.25) is 0 Å². The minimum atomic E-state index is -0.0896. The minimum Gasteiger partial charge on any atom is -0.329 e. The Bertz CT molecular complexity index is 278. The van der Waals surface area contributed by atoms with E-state index in [1.54, 1.807) is 6.20 Å². The van der Waals surface area contributed by atoms with Crippen LogP contribution >= 0.6 is 0 Å². The molecule has 4 nitrogen and oxygen atoms in total. The van der Waals surface area contributed by atoms with Crippen LogP contribution in [0.15, 0.2) is 12.3 Å². The Morgan fingerprint density at radius 3 is 2.60 bits per heavy atom. The van der Waals surface area contributed by atoms with E-state index in [9.17, 15) is 4.79 Å². The number of likely N-dealkylation sites (tertiary alicyclic amines) is 1. The quantitative estimate of drug-likeness (QED) is 0.678. The van der Waals surface area contributed by atoms with Gasteiger partial charge in [-0.05, 0) is 32.8 Å². The molecule has 1 fully saturated rings. The molecule has 0 aromatic rings. The molecule has 0 saturated carbocycles. The summed E-state index contributed by atoms with van der Waals surface area (Å²) < 4.78 is 0. The molecule has 4 heteroatoms. The first-order valence-corrected chi connectivity index (χ1v) is 5.62. The van der Waals surface area contributed by atoms with Crippen LogP contribution in [0.25, 0.3) is 0 Å². The maximum absolute atomic E-state index is 11.3. The van der Waals surface area contributed by atoms with E-state index in [0.717, 1.165) is 25.9 Å². The lowest BCUT2D eigenvalue weighted by Crippen LogP contribution is -2.58. The highest BCUT2D eigenvalue weighted by Gasteiger charge is 2.35. The average Bonchev–Trinajstić information content (AvgIpc) is 2.18. The Labute approximate surface area is 90.7 Å². The molecule has 0 radical (unpaired) electrons. The molecule has 0 bridgehead atoms. The maximum atomic E-state index is 11.3. The van der Waals surface area contributed by atoms with Crippen molar-refractivity contribution in [3.63, 3.8) is 0 Å². The maximum Gasteiger partial charge on any atom is 0.319 e. The van der Waals surface area contributed by atoms with Crippen LogP contribution in [0, 0.1) is 0 Å². The molecule has 2 rings (SSSR count). The molecule has 2 N–H and O–H groups in total. The number of nitrogens with zero attached hydrogens (tertiary/aromatic N) is 1. The number of urea groups is 1. The predicted molar refractivity (Wildman–Crippen MR) is 59.5 cm³/mol. The van der Waals surface area contributed by atoms with Crippen molar-refractivity contribution in [2.45, 2.75) is 38.3 Å². The number of carbonyl (C=O) groups excluding carboxylic acids is 1. The van der Waals surface area contributed by atoms with E-state index in [1.807, 2.05) is 0 Å². The third-order valence-electron chi connectivity index (χ3n) is 3.40. The van der Waals surface area contributed by atoms with E-state index in [4.69, 9.17) is 0 Å². The monoisotopic (exact) mass is 209 g/mol. The van der Waals surface area contributed by atoms with Gasteiger partial charge in [0.25, 0.3) is 0 Å². The first kappa shape index (κ1) is 10.5. The molecule has 1 saturated heterocycles. The number of carbonyl (C=O) groups is 1. The van der Waals surface area contributed by atoms with Gasteiger partial charge in [-0.1, -0.05) is 0 Å². The topological polar surface area (TPSA) is 44.4 Å². The molecular weight excluding hydrogens is 190 g/mol. The summed E-state index contributed by atoms with van der Waals surface area (Å²) in [6.45, 7) is 6.55. The Hall–Kier alpha value is -1.03. The fourth-order valence-electron chi connectivity index (χ4n) is 2.31. The molecule has 0 aromatic heterocycles. The number of piperidine rings is 1. The van der Waals surface area contributed by atoms with E-state index >= 15 is 0 Å². The van der Waals surface area contributed by atoms with E-state index < -0.39 is 0 Å². The van der Waals surface area contributed by atoms with Crippen molar-refractivity contribution in [1.82, 2.24) is 15.5 Å². The van der Waals surface area contributed by atoms with Gasteiger partial charge in [-0.15, -0.1) is 0 Å². The molecule has 2 amide bonds. The summed E-state index contributed by atoms with van der Waals surface area (Å²) in [4.78, 5) is 13.7. The van der Waals surface area contributed by atoms with Gasteiger partial charge in [0.1, 0.15) is 0 Å². The summed E-state index contributed by atoms with van der Waals surface area (Å²) in [6.07, 6.45) is 5.88. The number of hydrogen-bond donors (Lipinski definition) is 2. The van der Waals surface area contributed by atoms with E-state index in [-0.39, 0.29) is 11.6 Å². The van der Waals surface area contributed by atoms with Crippen LogP contribution in [0.2, 0.25) is 0 Å². The molecule has 0 unspecified atom stereocenters. The summed E-state index contributed by atoms with van der Waals surface area (Å²) in [5.74, 6) is 0. The van der Waals surface area contributed by atoms with Crippen molar-refractivity contribution in [3.8, 4) is 0 Å². The van der Waals surface area contributed by atoms with Crippen LogP contribution in [-0.4, -0.2) is 35.6 Å². The number of amides is 2. The summed E-state index contributed by atoms with van der Waals surface area (Å²) in [7, 11) is 0. The average molecular weight is 209 g/mol. The first-order valence-electron chi connectivity index (χ1n) is 5.62. The Kier molecular flexibility index (Phi) is 2.69. The second kappa shape index (κ2) is 3.85. The lowest BCUT2D eigenvalue weighted by Gasteiger charge is -2.43. The number of rotatable bonds is 1. The smallest absolute Gasteiger partial charge is 0.319 e. The SMILES string of the molecule is CC(C)N1CCC2(C=CNC(=O)N2)CC1. The molecule has 2 aliphatic heterocycles. The number of hydrogen-bond acceptors (Lipinski definition) is 2. The molecule has 0 aliphatic carbocycles. The Morgan fingerprint density at radius 2 is 2.07 bits per heavy atom. The predicted octanol–water partition coefficient (Wildman–Crippen LogP) is 1.06. The van der Waals surface area contributed by atoms with E-state index in [1.165, 1.54) is 0 Å². The van der Waals surface area contributed by atoms with Crippen molar-refractivity contribution in [2.24, 2.45) is 0 Å².